The Morgan fingerprint density at radius 3 is 2.11 bits per heavy atom. The van der Waals surface area contributed by atoms with Crippen LogP contribution in [0, 0.1) is 5.92 Å². The molecule has 17 heteroatoms. The molecule has 65 heavy (non-hydrogen) atoms. The predicted octanol–water partition coefficient (Wildman–Crippen LogP) is 9.86. The molecule has 8 rings (SSSR count). The Labute approximate surface area is 376 Å². The van der Waals surface area contributed by atoms with Gasteiger partial charge in [-0.05, 0) is 87.4 Å². The first-order valence-corrected chi connectivity index (χ1v) is 23.3. The van der Waals surface area contributed by atoms with E-state index in [0.717, 1.165) is 42.4 Å². The topological polar surface area (TPSA) is 157 Å². The molecule has 342 valence electrons. The summed E-state index contributed by atoms with van der Waals surface area (Å²) < 4.78 is 85.2. The van der Waals surface area contributed by atoms with Gasteiger partial charge in [-0.1, -0.05) is 97.9 Å². The lowest BCUT2D eigenvalue weighted by atomic mass is 9.77. The molecule has 1 unspecified atom stereocenters. The average molecular weight is 911 g/mol. The molecule has 2 fully saturated rings. The lowest BCUT2D eigenvalue weighted by molar-refractivity contribution is -0.188. The van der Waals surface area contributed by atoms with Crippen molar-refractivity contribution in [2.24, 2.45) is 5.92 Å². The van der Waals surface area contributed by atoms with Gasteiger partial charge in [-0.2, -0.15) is 15.1 Å². The van der Waals surface area contributed by atoms with E-state index in [0.29, 0.717) is 5.75 Å². The second kappa shape index (κ2) is 18.9. The van der Waals surface area contributed by atoms with Crippen LogP contribution in [0.4, 0.5) is 14.7 Å². The zero-order valence-electron chi connectivity index (χ0n) is 36.9. The first kappa shape index (κ1) is 45.6. The summed E-state index contributed by atoms with van der Waals surface area (Å²) >= 11 is 0. The van der Waals surface area contributed by atoms with Crippen molar-refractivity contribution in [3.63, 3.8) is 0 Å². The Bertz CT molecular complexity index is 2560. The molecule has 1 aliphatic carbocycles. The molecule has 1 saturated carbocycles. The van der Waals surface area contributed by atoms with Gasteiger partial charge in [0.2, 0.25) is 17.7 Å². The summed E-state index contributed by atoms with van der Waals surface area (Å²) in [4.78, 5) is 27.3. The number of hydrogen-bond acceptors (Lipinski definition) is 12. The van der Waals surface area contributed by atoms with Gasteiger partial charge in [0, 0.05) is 0 Å². The standard InChI is InChI=1S/C48H53F2N6O8P/c1-6-60-42-40-41(52-45(53-42)54-48(34-18-10-7-11-19-34,35-20-12-8-13-21-35)36-26-28-37(59-5)29-27-36)56(31-51-40)44-46(4,49)33(3)47(50,63-44)30-61-65(58,64-39-24-14-9-15-25-39)55-32(2)43(57)62-38-22-16-17-23-38/h7-15,18-21,24-29,31-33,38,44H,6,16-17,22-23,30H2,1-5H3,(H,55,58)(H,52,53,54)/t32-,33-,44+,46+,47+,65?/m0/s1. The second-order valence-electron chi connectivity index (χ2n) is 16.4. The molecule has 1 saturated heterocycles. The van der Waals surface area contributed by atoms with Gasteiger partial charge in [0.1, 0.15) is 35.8 Å². The maximum Gasteiger partial charge on any atom is 0.459 e. The van der Waals surface area contributed by atoms with Gasteiger partial charge in [-0.15, -0.1) is 0 Å². The van der Waals surface area contributed by atoms with E-state index in [2.05, 4.69) is 15.4 Å². The van der Waals surface area contributed by atoms with Gasteiger partial charge in [0.05, 0.1) is 26.0 Å². The minimum absolute atomic E-state index is 0.0799. The summed E-state index contributed by atoms with van der Waals surface area (Å²) in [7, 11) is -2.97. The van der Waals surface area contributed by atoms with Gasteiger partial charge < -0.3 is 28.8 Å². The molecule has 14 nitrogen and oxygen atoms in total. The van der Waals surface area contributed by atoms with Crippen molar-refractivity contribution in [1.82, 2.24) is 24.6 Å². The Kier molecular flexibility index (Phi) is 13.3. The number of aromatic nitrogens is 4. The minimum Gasteiger partial charge on any atom is -0.497 e. The van der Waals surface area contributed by atoms with Crippen molar-refractivity contribution in [3.8, 4) is 17.4 Å². The third kappa shape index (κ3) is 9.31. The maximum atomic E-state index is 17.4. The molecular weight excluding hydrogens is 858 g/mol. The first-order chi connectivity index (χ1) is 31.3. The van der Waals surface area contributed by atoms with Crippen molar-refractivity contribution in [2.45, 2.75) is 88.8 Å². The molecule has 0 spiro atoms. The van der Waals surface area contributed by atoms with Gasteiger partial charge in [-0.25, -0.2) is 18.3 Å². The van der Waals surface area contributed by atoms with Crippen molar-refractivity contribution in [3.05, 3.63) is 138 Å². The Morgan fingerprint density at radius 2 is 1.51 bits per heavy atom. The smallest absolute Gasteiger partial charge is 0.459 e. The van der Waals surface area contributed by atoms with E-state index in [4.69, 9.17) is 38.0 Å². The number of halogens is 2. The normalized spacial score (nSPS) is 22.6. The number of carbonyl (C=O) groups is 1. The highest BCUT2D eigenvalue weighted by atomic mass is 31.2. The number of ether oxygens (including phenoxy) is 4. The van der Waals surface area contributed by atoms with Crippen LogP contribution in [0.15, 0.2) is 122 Å². The first-order valence-electron chi connectivity index (χ1n) is 21.7. The lowest BCUT2D eigenvalue weighted by Crippen LogP contribution is -2.41. The number of esters is 1. The van der Waals surface area contributed by atoms with E-state index in [1.54, 1.807) is 32.2 Å². The zero-order chi connectivity index (χ0) is 45.8. The summed E-state index contributed by atoms with van der Waals surface area (Å²) in [5, 5.41) is 6.23. The molecule has 0 bridgehead atoms. The molecule has 0 radical (unpaired) electrons. The van der Waals surface area contributed by atoms with Crippen molar-refractivity contribution in [1.29, 1.82) is 0 Å². The van der Waals surface area contributed by atoms with E-state index in [1.165, 1.54) is 43.8 Å². The molecule has 2 N–H and O–H groups in total. The SMILES string of the molecule is CCOc1nc(NC(c2ccccc2)(c2ccccc2)c2ccc(OC)cc2)nc2c1ncn2[C@@H]1O[C@](F)(COP(=O)(N[C@@H](C)C(=O)OC2CCCC2)Oc2ccccc2)[C@@H](C)[C@@]1(C)F. The number of imidazole rings is 1. The van der Waals surface area contributed by atoms with E-state index >= 15 is 8.78 Å². The van der Waals surface area contributed by atoms with Crippen molar-refractivity contribution >= 4 is 30.8 Å². The molecule has 3 heterocycles. The summed E-state index contributed by atoms with van der Waals surface area (Å²) in [5.41, 5.74) is -0.773. The number of para-hydroxylation sites is 1. The molecule has 1 aliphatic heterocycles. The highest BCUT2D eigenvalue weighted by molar-refractivity contribution is 7.52. The molecule has 2 aliphatic rings. The van der Waals surface area contributed by atoms with Crippen LogP contribution < -0.4 is 24.4 Å². The van der Waals surface area contributed by atoms with Gasteiger partial charge in [0.25, 0.3) is 0 Å². The van der Waals surface area contributed by atoms with Gasteiger partial charge in [-0.3, -0.25) is 13.9 Å². The Hall–Kier alpha value is -5.93. The van der Waals surface area contributed by atoms with Crippen LogP contribution in [0.25, 0.3) is 11.2 Å². The minimum atomic E-state index is -4.57. The Balaban J connectivity index is 1.14. The van der Waals surface area contributed by atoms with E-state index in [1.807, 2.05) is 84.9 Å². The van der Waals surface area contributed by atoms with E-state index in [9.17, 15) is 9.36 Å². The average Bonchev–Trinajstić information content (AvgIpc) is 4.04. The number of methoxy groups -OCH3 is 1. The largest absolute Gasteiger partial charge is 0.497 e. The molecule has 2 aromatic heterocycles. The van der Waals surface area contributed by atoms with Gasteiger partial charge in [0.15, 0.2) is 23.1 Å². The molecule has 6 aromatic rings. The number of carbonyl (C=O) groups excluding carboxylic acids is 1. The van der Waals surface area contributed by atoms with Crippen LogP contribution in [0.2, 0.25) is 0 Å². The van der Waals surface area contributed by atoms with Gasteiger partial charge >= 0.3 is 13.7 Å². The van der Waals surface area contributed by atoms with E-state index in [-0.39, 0.29) is 41.5 Å². The predicted molar refractivity (Wildman–Crippen MR) is 240 cm³/mol. The molecular formula is C48H53F2N6O8P. The third-order valence-corrected chi connectivity index (χ3v) is 13.8. The number of benzene rings is 4. The van der Waals surface area contributed by atoms with Crippen LogP contribution in [-0.2, 0) is 28.9 Å². The second-order valence-corrected chi connectivity index (χ2v) is 18.1. The van der Waals surface area contributed by atoms with E-state index < -0.39 is 55.6 Å². The van der Waals surface area contributed by atoms with Crippen molar-refractivity contribution in [2.75, 3.05) is 25.6 Å². The van der Waals surface area contributed by atoms with Crippen LogP contribution in [0.1, 0.15) is 76.3 Å². The summed E-state index contributed by atoms with van der Waals surface area (Å²) in [6.07, 6.45) is 2.69. The Morgan fingerprint density at radius 1 is 0.908 bits per heavy atom. The third-order valence-electron chi connectivity index (χ3n) is 12.1. The number of rotatable bonds is 18. The fraction of sp³-hybridized carbons (Fsp3) is 0.375. The number of anilines is 1. The fourth-order valence-corrected chi connectivity index (χ4v) is 9.93. The summed E-state index contributed by atoms with van der Waals surface area (Å²) in [6.45, 7) is 4.93. The number of hydrogen-bond donors (Lipinski definition) is 2. The number of fused-ring (bicyclic) bond motifs is 1. The number of nitrogens with zero attached hydrogens (tertiary/aromatic N) is 4. The monoisotopic (exact) mass is 910 g/mol. The highest BCUT2D eigenvalue weighted by Gasteiger charge is 2.63. The molecule has 4 aromatic carbocycles. The van der Waals surface area contributed by atoms with Crippen LogP contribution in [0.5, 0.6) is 17.4 Å². The quantitative estimate of drug-likeness (QED) is 0.0478. The number of alkyl halides is 2. The van der Waals surface area contributed by atoms with Crippen molar-refractivity contribution < 1.29 is 46.1 Å². The summed E-state index contributed by atoms with van der Waals surface area (Å²) in [5.74, 6) is -4.12. The van der Waals surface area contributed by atoms with Crippen LogP contribution >= 0.6 is 7.75 Å². The van der Waals surface area contributed by atoms with Crippen LogP contribution in [-0.4, -0.2) is 69.5 Å². The molecule has 0 amide bonds. The lowest BCUT2D eigenvalue weighted by Gasteiger charge is -2.37. The summed E-state index contributed by atoms with van der Waals surface area (Å²) in [6, 6.07) is 34.1. The zero-order valence-corrected chi connectivity index (χ0v) is 37.8. The fourth-order valence-electron chi connectivity index (χ4n) is 8.43. The molecule has 6 atom stereocenters. The highest BCUT2D eigenvalue weighted by Crippen LogP contribution is 2.55. The number of nitrogens with one attached hydrogen (secondary N) is 2. The maximum absolute atomic E-state index is 17.4. The van der Waals surface area contributed by atoms with Crippen LogP contribution in [0.3, 0.4) is 0 Å².